The van der Waals surface area contributed by atoms with Crippen molar-refractivity contribution in [1.82, 2.24) is 0 Å². The van der Waals surface area contributed by atoms with Gasteiger partial charge in [0.05, 0.1) is 13.2 Å². The van der Waals surface area contributed by atoms with Gasteiger partial charge in [0.25, 0.3) is 0 Å². The van der Waals surface area contributed by atoms with Crippen LogP contribution in [0, 0.1) is 34.5 Å². The molecule has 0 rings (SSSR count). The quantitative estimate of drug-likeness (QED) is 0.307. The Morgan fingerprint density at radius 1 is 0.600 bits per heavy atom. The summed E-state index contributed by atoms with van der Waals surface area (Å²) in [4.78, 5) is 0. The van der Waals surface area contributed by atoms with Crippen LogP contribution in [0.2, 0.25) is 0 Å². The lowest BCUT2D eigenvalue weighted by molar-refractivity contribution is 0.00735. The molecule has 0 radical (unpaired) electrons. The lowest BCUT2D eigenvalue weighted by atomic mass is 9.83. The van der Waals surface area contributed by atoms with E-state index in [2.05, 4.69) is 69.2 Å². The SMILES string of the molecule is CC(C)C(C)CCCC(C)(C)COCC(C)(C)CCCC(C)C(C)C. The highest BCUT2D eigenvalue weighted by atomic mass is 16.5. The van der Waals surface area contributed by atoms with E-state index in [1.807, 2.05) is 0 Å². The molecule has 0 saturated heterocycles. The van der Waals surface area contributed by atoms with E-state index in [0.717, 1.165) is 36.9 Å². The summed E-state index contributed by atoms with van der Waals surface area (Å²) in [6.45, 7) is 25.4. The summed E-state index contributed by atoms with van der Waals surface area (Å²) in [5, 5.41) is 0. The van der Waals surface area contributed by atoms with Crippen LogP contribution in [-0.2, 0) is 4.74 Å². The van der Waals surface area contributed by atoms with Crippen molar-refractivity contribution in [2.45, 2.75) is 108 Å². The topological polar surface area (TPSA) is 9.23 Å². The van der Waals surface area contributed by atoms with Crippen LogP contribution < -0.4 is 0 Å². The van der Waals surface area contributed by atoms with Gasteiger partial charge >= 0.3 is 0 Å². The minimum Gasteiger partial charge on any atom is -0.380 e. The molecule has 1 heteroatoms. The average Bonchev–Trinajstić information content (AvgIpc) is 2.45. The van der Waals surface area contributed by atoms with Crippen LogP contribution >= 0.6 is 0 Å². The summed E-state index contributed by atoms with van der Waals surface area (Å²) in [6, 6.07) is 0. The predicted molar refractivity (Wildman–Crippen MR) is 114 cm³/mol. The van der Waals surface area contributed by atoms with Gasteiger partial charge in [-0.05, 0) is 47.3 Å². The average molecular weight is 355 g/mol. The van der Waals surface area contributed by atoms with Gasteiger partial charge < -0.3 is 4.74 Å². The third-order valence-corrected chi connectivity index (χ3v) is 6.29. The molecular formula is C24H50O. The number of hydrogen-bond donors (Lipinski definition) is 0. The fraction of sp³-hybridized carbons (Fsp3) is 1.00. The minimum absolute atomic E-state index is 0.305. The van der Waals surface area contributed by atoms with E-state index in [0.29, 0.717) is 10.8 Å². The first-order chi connectivity index (χ1) is 11.4. The van der Waals surface area contributed by atoms with E-state index in [9.17, 15) is 0 Å². The van der Waals surface area contributed by atoms with Crippen molar-refractivity contribution >= 4 is 0 Å². The minimum atomic E-state index is 0.305. The van der Waals surface area contributed by atoms with Gasteiger partial charge in [0.15, 0.2) is 0 Å². The Balaban J connectivity index is 4.00. The van der Waals surface area contributed by atoms with Crippen LogP contribution in [0.5, 0.6) is 0 Å². The van der Waals surface area contributed by atoms with Gasteiger partial charge in [0, 0.05) is 0 Å². The molecule has 2 atom stereocenters. The summed E-state index contributed by atoms with van der Waals surface area (Å²) in [5.74, 6) is 3.28. The molecule has 0 saturated carbocycles. The van der Waals surface area contributed by atoms with Crippen molar-refractivity contribution in [1.29, 1.82) is 0 Å². The van der Waals surface area contributed by atoms with Crippen molar-refractivity contribution in [2.75, 3.05) is 13.2 Å². The third-order valence-electron chi connectivity index (χ3n) is 6.29. The van der Waals surface area contributed by atoms with Crippen LogP contribution in [0.25, 0.3) is 0 Å². The lowest BCUT2D eigenvalue weighted by Gasteiger charge is -2.30. The van der Waals surface area contributed by atoms with Crippen molar-refractivity contribution in [3.05, 3.63) is 0 Å². The molecule has 0 aliphatic rings. The molecule has 0 amide bonds. The standard InChI is InChI=1S/C24H50O/c1-19(2)21(5)13-11-15-23(7,8)17-25-18-24(9,10)16-12-14-22(6)20(3)4/h19-22H,11-18H2,1-10H3. The third kappa shape index (κ3) is 12.9. The maximum atomic E-state index is 6.17. The van der Waals surface area contributed by atoms with Crippen molar-refractivity contribution in [3.8, 4) is 0 Å². The summed E-state index contributed by atoms with van der Waals surface area (Å²) in [6.07, 6.45) is 7.90. The molecule has 0 bridgehead atoms. The van der Waals surface area contributed by atoms with Gasteiger partial charge in [0.1, 0.15) is 0 Å². The van der Waals surface area contributed by atoms with Crippen LogP contribution in [-0.4, -0.2) is 13.2 Å². The molecule has 0 heterocycles. The van der Waals surface area contributed by atoms with Crippen LogP contribution in [0.3, 0.4) is 0 Å². The number of rotatable bonds is 14. The molecular weight excluding hydrogens is 304 g/mol. The molecule has 0 aliphatic heterocycles. The van der Waals surface area contributed by atoms with Crippen LogP contribution in [0.15, 0.2) is 0 Å². The second kappa shape index (κ2) is 11.6. The second-order valence-corrected chi connectivity index (χ2v) is 11.0. The maximum Gasteiger partial charge on any atom is 0.0517 e. The number of hydrogen-bond acceptors (Lipinski definition) is 1. The first-order valence-corrected chi connectivity index (χ1v) is 10.9. The zero-order valence-corrected chi connectivity index (χ0v) is 19.4. The Kier molecular flexibility index (Phi) is 11.6. The Morgan fingerprint density at radius 3 is 1.20 bits per heavy atom. The van der Waals surface area contributed by atoms with Crippen LogP contribution in [0.1, 0.15) is 108 Å². The van der Waals surface area contributed by atoms with E-state index < -0.39 is 0 Å². The van der Waals surface area contributed by atoms with E-state index in [-0.39, 0.29) is 0 Å². The van der Waals surface area contributed by atoms with Gasteiger partial charge in [-0.2, -0.15) is 0 Å². The maximum absolute atomic E-state index is 6.17. The fourth-order valence-electron chi connectivity index (χ4n) is 3.22. The Labute approximate surface area is 160 Å². The number of ether oxygens (including phenoxy) is 1. The Hall–Kier alpha value is -0.0400. The molecule has 0 aliphatic carbocycles. The molecule has 25 heavy (non-hydrogen) atoms. The van der Waals surface area contributed by atoms with E-state index >= 15 is 0 Å². The zero-order valence-electron chi connectivity index (χ0n) is 19.4. The van der Waals surface area contributed by atoms with E-state index in [1.54, 1.807) is 0 Å². The highest BCUT2D eigenvalue weighted by Gasteiger charge is 2.23. The molecule has 0 aromatic carbocycles. The molecule has 0 aromatic rings. The van der Waals surface area contributed by atoms with Crippen molar-refractivity contribution in [3.63, 3.8) is 0 Å². The van der Waals surface area contributed by atoms with Gasteiger partial charge in [0.2, 0.25) is 0 Å². The smallest absolute Gasteiger partial charge is 0.0517 e. The first kappa shape index (κ1) is 25.0. The molecule has 0 N–H and O–H groups in total. The monoisotopic (exact) mass is 354 g/mol. The molecule has 1 nitrogen and oxygen atoms in total. The Morgan fingerprint density at radius 2 is 0.920 bits per heavy atom. The largest absolute Gasteiger partial charge is 0.380 e. The lowest BCUT2D eigenvalue weighted by Crippen LogP contribution is -2.26. The van der Waals surface area contributed by atoms with Crippen LogP contribution in [0.4, 0.5) is 0 Å². The second-order valence-electron chi connectivity index (χ2n) is 11.0. The summed E-state index contributed by atoms with van der Waals surface area (Å²) >= 11 is 0. The van der Waals surface area contributed by atoms with Gasteiger partial charge in [-0.3, -0.25) is 0 Å². The van der Waals surface area contributed by atoms with E-state index in [1.165, 1.54) is 38.5 Å². The van der Waals surface area contributed by atoms with Crippen molar-refractivity contribution < 1.29 is 4.74 Å². The molecule has 0 aromatic heterocycles. The molecule has 0 fully saturated rings. The van der Waals surface area contributed by atoms with Gasteiger partial charge in [-0.15, -0.1) is 0 Å². The molecule has 0 spiro atoms. The zero-order chi connectivity index (χ0) is 19.7. The molecule has 2 unspecified atom stereocenters. The summed E-state index contributed by atoms with van der Waals surface area (Å²) in [7, 11) is 0. The van der Waals surface area contributed by atoms with E-state index in [4.69, 9.17) is 4.74 Å². The normalized spacial score (nSPS) is 15.8. The summed E-state index contributed by atoms with van der Waals surface area (Å²) < 4.78 is 6.17. The van der Waals surface area contributed by atoms with Gasteiger partial charge in [-0.25, -0.2) is 0 Å². The Bertz CT molecular complexity index is 295. The molecule has 152 valence electrons. The fourth-order valence-corrected chi connectivity index (χ4v) is 3.22. The predicted octanol–water partition coefficient (Wildman–Crippen LogP) is 7.98. The highest BCUT2D eigenvalue weighted by Crippen LogP contribution is 2.30. The highest BCUT2D eigenvalue weighted by molar-refractivity contribution is 4.73. The summed E-state index contributed by atoms with van der Waals surface area (Å²) in [5.41, 5.74) is 0.609. The van der Waals surface area contributed by atoms with Crippen molar-refractivity contribution in [2.24, 2.45) is 34.5 Å². The first-order valence-electron chi connectivity index (χ1n) is 10.9. The van der Waals surface area contributed by atoms with Gasteiger partial charge in [-0.1, -0.05) is 94.9 Å².